The first-order chi connectivity index (χ1) is 12.0. The van der Waals surface area contributed by atoms with Gasteiger partial charge in [-0.3, -0.25) is 4.98 Å². The molecule has 130 valence electrons. The number of nitrogens with zero attached hydrogens (tertiary/aromatic N) is 2. The lowest BCUT2D eigenvalue weighted by atomic mass is 9.74. The molecule has 2 aliphatic heterocycles. The fourth-order valence-corrected chi connectivity index (χ4v) is 4.19. The number of halogens is 1. The van der Waals surface area contributed by atoms with Gasteiger partial charge in [-0.25, -0.2) is 9.18 Å². The van der Waals surface area contributed by atoms with E-state index in [1.165, 1.54) is 18.3 Å². The number of carbonyl (C=O) groups excluding carboxylic acids is 1. The van der Waals surface area contributed by atoms with Gasteiger partial charge in [-0.1, -0.05) is 13.0 Å². The third-order valence-electron chi connectivity index (χ3n) is 5.40. The van der Waals surface area contributed by atoms with Crippen LogP contribution in [0.1, 0.15) is 31.7 Å². The minimum Gasteiger partial charge on any atom is -0.318 e. The summed E-state index contributed by atoms with van der Waals surface area (Å²) in [6, 6.07) is 9.14. The van der Waals surface area contributed by atoms with E-state index >= 15 is 0 Å². The number of urea groups is 1. The van der Waals surface area contributed by atoms with Crippen LogP contribution in [0.2, 0.25) is 0 Å². The molecule has 3 heterocycles. The minimum atomic E-state index is -0.318. The molecule has 2 aliphatic rings. The Morgan fingerprint density at radius 1 is 1.20 bits per heavy atom. The van der Waals surface area contributed by atoms with Gasteiger partial charge >= 0.3 is 6.03 Å². The van der Waals surface area contributed by atoms with Gasteiger partial charge in [0.05, 0.1) is 5.69 Å². The summed E-state index contributed by atoms with van der Waals surface area (Å²) in [5.74, 6) is 0.388. The quantitative estimate of drug-likeness (QED) is 0.869. The first kappa shape index (κ1) is 16.1. The molecular weight excluding hydrogens is 317 g/mol. The topological polar surface area (TPSA) is 45.2 Å². The number of hydrogen-bond donors (Lipinski definition) is 1. The number of aromatic nitrogens is 1. The van der Waals surface area contributed by atoms with Gasteiger partial charge in [0.2, 0.25) is 0 Å². The van der Waals surface area contributed by atoms with Gasteiger partial charge < -0.3 is 10.2 Å². The molecule has 25 heavy (non-hydrogen) atoms. The SMILES string of the molecule is Cc1ccc(NC(=O)N2C3CC(C)C[C@@H]2C3)cc1-c1cc(F)ccn1. The minimum absolute atomic E-state index is 0.0323. The number of hydrogen-bond acceptors (Lipinski definition) is 2. The average molecular weight is 339 g/mol. The molecule has 0 saturated carbocycles. The lowest BCUT2D eigenvalue weighted by molar-refractivity contribution is -0.00600. The molecule has 5 heteroatoms. The van der Waals surface area contributed by atoms with Crippen LogP contribution in [0.25, 0.3) is 11.3 Å². The second-order valence-corrected chi connectivity index (χ2v) is 7.35. The van der Waals surface area contributed by atoms with E-state index in [4.69, 9.17) is 0 Å². The maximum Gasteiger partial charge on any atom is 0.322 e. The summed E-state index contributed by atoms with van der Waals surface area (Å²) in [7, 11) is 0. The van der Waals surface area contributed by atoms with Crippen LogP contribution in [0.3, 0.4) is 0 Å². The summed E-state index contributed by atoms with van der Waals surface area (Å²) in [5, 5.41) is 3.00. The number of anilines is 1. The van der Waals surface area contributed by atoms with Crippen molar-refractivity contribution >= 4 is 11.7 Å². The third-order valence-corrected chi connectivity index (χ3v) is 5.40. The van der Waals surface area contributed by atoms with E-state index in [1.807, 2.05) is 30.0 Å². The molecular formula is C20H22FN3O. The van der Waals surface area contributed by atoms with Crippen LogP contribution in [0.5, 0.6) is 0 Å². The number of fused-ring (bicyclic) bond motifs is 2. The van der Waals surface area contributed by atoms with Gasteiger partial charge in [-0.05, 0) is 55.9 Å². The zero-order valence-electron chi connectivity index (χ0n) is 14.5. The van der Waals surface area contributed by atoms with E-state index in [-0.39, 0.29) is 11.8 Å². The summed E-state index contributed by atoms with van der Waals surface area (Å²) in [6.07, 6.45) is 4.77. The lowest BCUT2D eigenvalue weighted by Gasteiger charge is -2.54. The van der Waals surface area contributed by atoms with Gasteiger partial charge in [0.25, 0.3) is 0 Å². The van der Waals surface area contributed by atoms with Crippen molar-refractivity contribution in [3.8, 4) is 11.3 Å². The average Bonchev–Trinajstić information content (AvgIpc) is 2.56. The molecule has 2 amide bonds. The number of carbonyl (C=O) groups is 1. The molecule has 1 aromatic carbocycles. The fraction of sp³-hybridized carbons (Fsp3) is 0.400. The third kappa shape index (κ3) is 2.99. The number of rotatable bonds is 2. The van der Waals surface area contributed by atoms with Crippen molar-refractivity contribution in [2.24, 2.45) is 5.92 Å². The number of pyridine rings is 1. The molecule has 4 nitrogen and oxygen atoms in total. The van der Waals surface area contributed by atoms with E-state index in [9.17, 15) is 9.18 Å². The normalized spacial score (nSPS) is 24.6. The molecule has 1 N–H and O–H groups in total. The molecule has 3 atom stereocenters. The fourth-order valence-electron chi connectivity index (χ4n) is 4.19. The van der Waals surface area contributed by atoms with Crippen LogP contribution in [-0.4, -0.2) is 28.0 Å². The molecule has 2 bridgehead atoms. The van der Waals surface area contributed by atoms with E-state index in [0.717, 1.165) is 36.1 Å². The first-order valence-corrected chi connectivity index (χ1v) is 8.83. The van der Waals surface area contributed by atoms with E-state index in [1.54, 1.807) is 0 Å². The predicted molar refractivity (Wildman–Crippen MR) is 95.8 cm³/mol. The Kier molecular flexibility index (Phi) is 3.94. The standard InChI is InChI=1S/C20H22FN3O/c1-12-7-16-11-17(8-12)24(16)20(25)23-15-4-3-13(2)18(10-15)19-9-14(21)5-6-22-19/h3-6,9-10,12,16-17H,7-8,11H2,1-2H3,(H,23,25)/t12?,16-,17?/m1/s1. The highest BCUT2D eigenvalue weighted by atomic mass is 19.1. The Morgan fingerprint density at radius 2 is 1.96 bits per heavy atom. The van der Waals surface area contributed by atoms with Crippen LogP contribution in [-0.2, 0) is 0 Å². The highest BCUT2D eigenvalue weighted by Gasteiger charge is 2.46. The van der Waals surface area contributed by atoms with Gasteiger partial charge in [0.1, 0.15) is 5.82 Å². The second-order valence-electron chi connectivity index (χ2n) is 7.35. The van der Waals surface area contributed by atoms with Gasteiger partial charge in [0.15, 0.2) is 0 Å². The van der Waals surface area contributed by atoms with Gasteiger partial charge in [-0.15, -0.1) is 0 Å². The van der Waals surface area contributed by atoms with Crippen LogP contribution in [0.15, 0.2) is 36.5 Å². The largest absolute Gasteiger partial charge is 0.322 e. The van der Waals surface area contributed by atoms with E-state index in [0.29, 0.717) is 23.7 Å². The van der Waals surface area contributed by atoms with E-state index < -0.39 is 0 Å². The Labute approximate surface area is 147 Å². The van der Waals surface area contributed by atoms with Crippen molar-refractivity contribution in [3.05, 3.63) is 47.9 Å². The zero-order valence-corrected chi connectivity index (χ0v) is 14.5. The molecule has 2 saturated heterocycles. The zero-order chi connectivity index (χ0) is 17.6. The van der Waals surface area contributed by atoms with Crippen LogP contribution in [0, 0.1) is 18.7 Å². The van der Waals surface area contributed by atoms with Crippen LogP contribution < -0.4 is 5.32 Å². The number of piperidine rings is 1. The summed E-state index contributed by atoms with van der Waals surface area (Å²) in [5.41, 5.74) is 3.11. The second kappa shape index (κ2) is 6.14. The maximum absolute atomic E-state index is 13.5. The predicted octanol–water partition coefficient (Wildman–Crippen LogP) is 4.60. The van der Waals surface area contributed by atoms with Crippen molar-refractivity contribution in [3.63, 3.8) is 0 Å². The first-order valence-electron chi connectivity index (χ1n) is 8.83. The number of benzene rings is 1. The number of amides is 2. The Balaban J connectivity index is 1.54. The summed E-state index contributed by atoms with van der Waals surface area (Å²) >= 11 is 0. The van der Waals surface area contributed by atoms with Crippen LogP contribution >= 0.6 is 0 Å². The molecule has 1 aromatic heterocycles. The van der Waals surface area contributed by atoms with Crippen molar-refractivity contribution in [1.82, 2.24) is 9.88 Å². The smallest absolute Gasteiger partial charge is 0.318 e. The molecule has 0 aliphatic carbocycles. The summed E-state index contributed by atoms with van der Waals surface area (Å²) in [6.45, 7) is 4.21. The molecule has 2 fully saturated rings. The van der Waals surface area contributed by atoms with Crippen molar-refractivity contribution in [2.75, 3.05) is 5.32 Å². The summed E-state index contributed by atoms with van der Waals surface area (Å²) in [4.78, 5) is 18.9. The van der Waals surface area contributed by atoms with Gasteiger partial charge in [-0.2, -0.15) is 0 Å². The Bertz CT molecular complexity index is 810. The molecule has 0 spiro atoms. The lowest BCUT2D eigenvalue weighted by Crippen LogP contribution is -2.63. The van der Waals surface area contributed by atoms with Crippen molar-refractivity contribution in [1.29, 1.82) is 0 Å². The Hall–Kier alpha value is -2.43. The van der Waals surface area contributed by atoms with E-state index in [2.05, 4.69) is 17.2 Å². The Morgan fingerprint density at radius 3 is 2.68 bits per heavy atom. The molecule has 0 radical (unpaired) electrons. The number of nitrogens with one attached hydrogen (secondary N) is 1. The number of aryl methyl sites for hydroxylation is 1. The highest BCUT2D eigenvalue weighted by molar-refractivity contribution is 5.91. The monoisotopic (exact) mass is 339 g/mol. The van der Waals surface area contributed by atoms with Crippen LogP contribution in [0.4, 0.5) is 14.9 Å². The van der Waals surface area contributed by atoms with Crippen molar-refractivity contribution < 1.29 is 9.18 Å². The molecule has 2 aromatic rings. The molecule has 2 unspecified atom stereocenters. The van der Waals surface area contributed by atoms with Gasteiger partial charge in [0, 0.05) is 35.6 Å². The molecule has 4 rings (SSSR count). The maximum atomic E-state index is 13.5. The summed E-state index contributed by atoms with van der Waals surface area (Å²) < 4.78 is 13.5. The van der Waals surface area contributed by atoms with Crippen molar-refractivity contribution in [2.45, 2.75) is 45.2 Å². The highest BCUT2D eigenvalue weighted by Crippen LogP contribution is 2.41.